The summed E-state index contributed by atoms with van der Waals surface area (Å²) < 4.78 is 27.0. The van der Waals surface area contributed by atoms with Crippen molar-refractivity contribution in [2.75, 3.05) is 4.72 Å². The van der Waals surface area contributed by atoms with Crippen LogP contribution in [0.4, 0.5) is 5.82 Å². The van der Waals surface area contributed by atoms with Gasteiger partial charge in [-0.3, -0.25) is 4.72 Å². The highest BCUT2D eigenvalue weighted by Crippen LogP contribution is 2.28. The van der Waals surface area contributed by atoms with Gasteiger partial charge in [0.2, 0.25) is 10.0 Å². The maximum Gasteiger partial charge on any atom is 0.236 e. The lowest BCUT2D eigenvalue weighted by Gasteiger charge is -2.13. The Bertz CT molecular complexity index is 742. The zero-order chi connectivity index (χ0) is 14.2. The fraction of sp³-hybridized carbons (Fsp3) is 0.385. The maximum atomic E-state index is 12.3. The van der Waals surface area contributed by atoms with E-state index in [-0.39, 0.29) is 16.2 Å². The molecule has 1 aliphatic carbocycles. The van der Waals surface area contributed by atoms with Crippen molar-refractivity contribution < 1.29 is 8.42 Å². The second-order valence-corrected chi connectivity index (χ2v) is 7.22. The Morgan fingerprint density at radius 1 is 1.10 bits per heavy atom. The molecule has 0 spiro atoms. The van der Waals surface area contributed by atoms with Gasteiger partial charge in [0.1, 0.15) is 0 Å². The van der Waals surface area contributed by atoms with Gasteiger partial charge in [-0.2, -0.15) is 0 Å². The molecule has 1 N–H and O–H groups in total. The summed E-state index contributed by atoms with van der Waals surface area (Å²) in [6, 6.07) is 7.20. The first-order valence-corrected chi connectivity index (χ1v) is 8.42. The maximum absolute atomic E-state index is 12.3. The molecule has 1 aromatic heterocycles. The van der Waals surface area contributed by atoms with Crippen LogP contribution >= 0.6 is 11.6 Å². The van der Waals surface area contributed by atoms with Crippen molar-refractivity contribution in [3.8, 4) is 0 Å². The number of nitrogens with one attached hydrogen (secondary N) is 1. The average molecular weight is 312 g/mol. The molecular formula is C13H14ClN3O2S. The molecule has 1 fully saturated rings. The molecule has 5 nitrogen and oxygen atoms in total. The van der Waals surface area contributed by atoms with E-state index in [1.165, 1.54) is 0 Å². The Hall–Kier alpha value is -1.40. The molecule has 1 heterocycles. The lowest BCUT2D eigenvalue weighted by molar-refractivity contribution is 0.585. The number of rotatable bonds is 3. The summed E-state index contributed by atoms with van der Waals surface area (Å²) in [5, 5.41) is -0.280. The SMILES string of the molecule is O=S(=O)(Nc1nc2ccccc2nc1Cl)C1CCCC1. The Balaban J connectivity index is 1.96. The summed E-state index contributed by atoms with van der Waals surface area (Å²) in [6.07, 6.45) is 3.27. The summed E-state index contributed by atoms with van der Waals surface area (Å²) in [4.78, 5) is 8.41. The first-order valence-electron chi connectivity index (χ1n) is 6.50. The van der Waals surface area contributed by atoms with E-state index in [9.17, 15) is 8.42 Å². The number of fused-ring (bicyclic) bond motifs is 1. The van der Waals surface area contributed by atoms with E-state index in [0.29, 0.717) is 23.9 Å². The standard InChI is InChI=1S/C13H14ClN3O2S/c14-12-13(16-11-8-4-3-7-10(11)15-12)17-20(18,19)9-5-1-2-6-9/h3-4,7-9H,1-2,5-6H2,(H,16,17). The smallest absolute Gasteiger partial charge is 0.236 e. The molecular weight excluding hydrogens is 298 g/mol. The Morgan fingerprint density at radius 3 is 2.35 bits per heavy atom. The summed E-state index contributed by atoms with van der Waals surface area (Å²) in [5.41, 5.74) is 1.25. The zero-order valence-corrected chi connectivity index (χ0v) is 12.3. The van der Waals surface area contributed by atoms with E-state index in [1.807, 2.05) is 12.1 Å². The van der Waals surface area contributed by atoms with Crippen LogP contribution in [0.5, 0.6) is 0 Å². The third kappa shape index (κ3) is 2.58. The molecule has 0 unspecified atom stereocenters. The fourth-order valence-electron chi connectivity index (χ4n) is 2.46. The highest BCUT2D eigenvalue weighted by molar-refractivity contribution is 7.93. The summed E-state index contributed by atoms with van der Waals surface area (Å²) in [7, 11) is -3.44. The fourth-order valence-corrected chi connectivity index (χ4v) is 4.23. The minimum atomic E-state index is -3.44. The molecule has 0 saturated heterocycles. The van der Waals surface area contributed by atoms with Crippen LogP contribution < -0.4 is 4.72 Å². The number of para-hydroxylation sites is 2. The molecule has 0 aliphatic heterocycles. The number of aromatic nitrogens is 2. The molecule has 2 aromatic rings. The van der Waals surface area contributed by atoms with Gasteiger partial charge in [0.15, 0.2) is 11.0 Å². The quantitative estimate of drug-likeness (QED) is 0.946. The molecule has 1 aromatic carbocycles. The largest absolute Gasteiger partial charge is 0.265 e. The zero-order valence-electron chi connectivity index (χ0n) is 10.7. The molecule has 106 valence electrons. The van der Waals surface area contributed by atoms with Gasteiger partial charge in [-0.15, -0.1) is 0 Å². The summed E-state index contributed by atoms with van der Waals surface area (Å²) in [5.74, 6) is 0.109. The number of hydrogen-bond acceptors (Lipinski definition) is 4. The van der Waals surface area contributed by atoms with Crippen molar-refractivity contribution in [3.63, 3.8) is 0 Å². The predicted octanol–water partition coefficient (Wildman–Crippen LogP) is 2.97. The van der Waals surface area contributed by atoms with Crippen LogP contribution in [0.2, 0.25) is 5.15 Å². The van der Waals surface area contributed by atoms with Crippen molar-refractivity contribution in [2.24, 2.45) is 0 Å². The van der Waals surface area contributed by atoms with Gasteiger partial charge in [-0.25, -0.2) is 18.4 Å². The monoisotopic (exact) mass is 311 g/mol. The Labute approximate surface area is 122 Å². The van der Waals surface area contributed by atoms with Gasteiger partial charge in [-0.05, 0) is 25.0 Å². The van der Waals surface area contributed by atoms with Crippen LogP contribution in [-0.2, 0) is 10.0 Å². The average Bonchev–Trinajstić information content (AvgIpc) is 2.94. The highest BCUT2D eigenvalue weighted by atomic mass is 35.5. The number of nitrogens with zero attached hydrogens (tertiary/aromatic N) is 2. The van der Waals surface area contributed by atoms with Crippen LogP contribution in [0.3, 0.4) is 0 Å². The highest BCUT2D eigenvalue weighted by Gasteiger charge is 2.29. The number of benzene rings is 1. The lowest BCUT2D eigenvalue weighted by Crippen LogP contribution is -2.26. The second-order valence-electron chi connectivity index (χ2n) is 4.91. The molecule has 0 amide bonds. The number of anilines is 1. The second kappa shape index (κ2) is 5.18. The molecule has 0 atom stereocenters. The third-order valence-electron chi connectivity index (χ3n) is 3.51. The number of sulfonamides is 1. The van der Waals surface area contributed by atoms with Crippen LogP contribution in [-0.4, -0.2) is 23.6 Å². The van der Waals surface area contributed by atoms with E-state index < -0.39 is 10.0 Å². The molecule has 7 heteroatoms. The molecule has 1 aliphatic rings. The van der Waals surface area contributed by atoms with E-state index in [2.05, 4.69) is 14.7 Å². The van der Waals surface area contributed by atoms with Crippen molar-refractivity contribution in [1.82, 2.24) is 9.97 Å². The van der Waals surface area contributed by atoms with E-state index in [1.54, 1.807) is 12.1 Å². The van der Waals surface area contributed by atoms with Crippen molar-refractivity contribution in [3.05, 3.63) is 29.4 Å². The van der Waals surface area contributed by atoms with Crippen LogP contribution in [0.15, 0.2) is 24.3 Å². The number of halogens is 1. The van der Waals surface area contributed by atoms with Crippen LogP contribution in [0.1, 0.15) is 25.7 Å². The first kappa shape index (κ1) is 13.6. The van der Waals surface area contributed by atoms with Crippen LogP contribution in [0, 0.1) is 0 Å². The minimum absolute atomic E-state index is 0.0743. The van der Waals surface area contributed by atoms with Crippen molar-refractivity contribution in [1.29, 1.82) is 0 Å². The first-order chi connectivity index (χ1) is 9.56. The predicted molar refractivity (Wildman–Crippen MR) is 79.3 cm³/mol. The molecule has 0 radical (unpaired) electrons. The lowest BCUT2D eigenvalue weighted by atomic mass is 10.3. The number of hydrogen-bond donors (Lipinski definition) is 1. The third-order valence-corrected chi connectivity index (χ3v) is 5.60. The van der Waals surface area contributed by atoms with Gasteiger partial charge in [0, 0.05) is 0 Å². The topological polar surface area (TPSA) is 72.0 Å². The Morgan fingerprint density at radius 2 is 1.70 bits per heavy atom. The van der Waals surface area contributed by atoms with Gasteiger partial charge < -0.3 is 0 Å². The van der Waals surface area contributed by atoms with Crippen molar-refractivity contribution in [2.45, 2.75) is 30.9 Å². The summed E-state index contributed by atoms with van der Waals surface area (Å²) >= 11 is 6.02. The Kier molecular flexibility index (Phi) is 3.52. The summed E-state index contributed by atoms with van der Waals surface area (Å²) in [6.45, 7) is 0. The minimum Gasteiger partial charge on any atom is -0.265 e. The van der Waals surface area contributed by atoms with Gasteiger partial charge >= 0.3 is 0 Å². The normalized spacial score (nSPS) is 16.6. The molecule has 0 bridgehead atoms. The van der Waals surface area contributed by atoms with Crippen LogP contribution in [0.25, 0.3) is 11.0 Å². The van der Waals surface area contributed by atoms with Gasteiger partial charge in [0.05, 0.1) is 16.3 Å². The van der Waals surface area contributed by atoms with Gasteiger partial charge in [-0.1, -0.05) is 36.6 Å². The van der Waals surface area contributed by atoms with Crippen molar-refractivity contribution >= 4 is 38.5 Å². The van der Waals surface area contributed by atoms with Gasteiger partial charge in [0.25, 0.3) is 0 Å². The molecule has 1 saturated carbocycles. The molecule has 3 rings (SSSR count). The molecule has 20 heavy (non-hydrogen) atoms. The van der Waals surface area contributed by atoms with E-state index in [4.69, 9.17) is 11.6 Å². The van der Waals surface area contributed by atoms with E-state index in [0.717, 1.165) is 12.8 Å². The van der Waals surface area contributed by atoms with E-state index >= 15 is 0 Å².